The number of rotatable bonds is 4. The van der Waals surface area contributed by atoms with Crippen molar-refractivity contribution in [2.24, 2.45) is 0 Å². The fraction of sp³-hybridized carbons (Fsp3) is 0.296. The molecular weight excluding hydrogens is 402 g/mol. The smallest absolute Gasteiger partial charge is 0.0486 e. The van der Waals surface area contributed by atoms with Crippen molar-refractivity contribution in [3.05, 3.63) is 88.8 Å². The number of hydrogen-bond donors (Lipinski definition) is 0. The Bertz CT molecular complexity index is 1240. The summed E-state index contributed by atoms with van der Waals surface area (Å²) in [5.41, 5.74) is 8.25. The number of hydrogen-bond acceptors (Lipinski definition) is 2. The van der Waals surface area contributed by atoms with E-state index in [-0.39, 0.29) is 0 Å². The average Bonchev–Trinajstić information content (AvgIpc) is 3.22. The number of aromatic nitrogens is 2. The van der Waals surface area contributed by atoms with Crippen molar-refractivity contribution in [1.82, 2.24) is 14.5 Å². The number of nitrogens with zero attached hydrogens (tertiary/aromatic N) is 3. The molecule has 156 valence electrons. The van der Waals surface area contributed by atoms with Gasteiger partial charge in [-0.2, -0.15) is 0 Å². The second-order valence-corrected chi connectivity index (χ2v) is 9.42. The van der Waals surface area contributed by atoms with Crippen molar-refractivity contribution in [3.63, 3.8) is 0 Å². The molecule has 2 aromatic carbocycles. The Morgan fingerprint density at radius 2 is 1.90 bits per heavy atom. The van der Waals surface area contributed by atoms with Crippen molar-refractivity contribution in [3.8, 4) is 11.1 Å². The minimum Gasteiger partial charge on any atom is -0.344 e. The Kier molecular flexibility index (Phi) is 4.62. The molecule has 2 aromatic heterocycles. The third kappa shape index (κ3) is 3.19. The summed E-state index contributed by atoms with van der Waals surface area (Å²) in [7, 11) is 2.31. The quantitative estimate of drug-likeness (QED) is 0.381. The lowest BCUT2D eigenvalue weighted by molar-refractivity contribution is 0.222. The van der Waals surface area contributed by atoms with Crippen molar-refractivity contribution in [2.45, 2.75) is 44.3 Å². The molecule has 0 aliphatic carbocycles. The van der Waals surface area contributed by atoms with Gasteiger partial charge in [-0.1, -0.05) is 35.9 Å². The van der Waals surface area contributed by atoms with Crippen molar-refractivity contribution in [1.29, 1.82) is 0 Å². The maximum atomic E-state index is 6.09. The van der Waals surface area contributed by atoms with Crippen LogP contribution in [0.4, 0.5) is 0 Å². The highest BCUT2D eigenvalue weighted by Gasteiger charge is 2.40. The van der Waals surface area contributed by atoms with Gasteiger partial charge >= 0.3 is 0 Å². The van der Waals surface area contributed by atoms with Gasteiger partial charge in [0.2, 0.25) is 0 Å². The van der Waals surface area contributed by atoms with Gasteiger partial charge in [0.25, 0.3) is 0 Å². The molecule has 0 radical (unpaired) electrons. The zero-order chi connectivity index (χ0) is 20.9. The first-order valence-electron chi connectivity index (χ1n) is 11.2. The predicted molar refractivity (Wildman–Crippen MR) is 128 cm³/mol. The summed E-state index contributed by atoms with van der Waals surface area (Å²) in [5.74, 6) is 0. The van der Waals surface area contributed by atoms with Crippen LogP contribution in [0, 0.1) is 0 Å². The lowest BCUT2D eigenvalue weighted by Crippen LogP contribution is -2.34. The largest absolute Gasteiger partial charge is 0.344 e. The molecule has 4 heteroatoms. The number of pyridine rings is 1. The molecule has 2 aliphatic heterocycles. The predicted octanol–water partition coefficient (Wildman–Crippen LogP) is 6.29. The molecule has 2 bridgehead atoms. The van der Waals surface area contributed by atoms with Crippen LogP contribution in [0.1, 0.15) is 35.7 Å². The van der Waals surface area contributed by atoms with Crippen LogP contribution in [0.3, 0.4) is 0 Å². The third-order valence-corrected chi connectivity index (χ3v) is 7.60. The molecular formula is C27H26ClN3. The van der Waals surface area contributed by atoms with Crippen LogP contribution in [0.15, 0.2) is 67.0 Å². The van der Waals surface area contributed by atoms with Gasteiger partial charge in [-0.15, -0.1) is 0 Å². The van der Waals surface area contributed by atoms with Crippen molar-refractivity contribution >= 4 is 22.5 Å². The summed E-state index contributed by atoms with van der Waals surface area (Å²) < 4.78 is 2.60. The number of aryl methyl sites for hydroxylation is 2. The molecule has 0 saturated carbocycles. The Balaban J connectivity index is 1.47. The summed E-state index contributed by atoms with van der Waals surface area (Å²) in [4.78, 5) is 6.94. The highest BCUT2D eigenvalue weighted by molar-refractivity contribution is 6.30. The SMILES string of the molecule is CN1C2CCC1c1c(n(CCc3ccc(Cl)cc3)c3ccc(-c4cccnc4)cc13)C2. The third-order valence-electron chi connectivity index (χ3n) is 7.35. The van der Waals surface area contributed by atoms with E-state index < -0.39 is 0 Å². The van der Waals surface area contributed by atoms with E-state index in [1.165, 1.54) is 40.4 Å². The fourth-order valence-electron chi connectivity index (χ4n) is 5.72. The highest BCUT2D eigenvalue weighted by Crippen LogP contribution is 2.47. The highest BCUT2D eigenvalue weighted by atomic mass is 35.5. The topological polar surface area (TPSA) is 21.1 Å². The maximum absolute atomic E-state index is 6.09. The molecule has 2 aliphatic rings. The number of fused-ring (bicyclic) bond motifs is 6. The van der Waals surface area contributed by atoms with Gasteiger partial charge in [-0.25, -0.2) is 0 Å². The van der Waals surface area contributed by atoms with E-state index in [0.29, 0.717) is 12.1 Å². The minimum atomic E-state index is 0.539. The molecule has 4 heterocycles. The van der Waals surface area contributed by atoms with E-state index in [0.717, 1.165) is 24.4 Å². The molecule has 1 fully saturated rings. The fourth-order valence-corrected chi connectivity index (χ4v) is 5.84. The van der Waals surface area contributed by atoms with Gasteiger partial charge in [0, 0.05) is 64.6 Å². The molecule has 1 saturated heterocycles. The molecule has 2 atom stereocenters. The molecule has 3 nitrogen and oxygen atoms in total. The number of likely N-dealkylation sites (N-methyl/N-ethyl adjacent to an activating group) is 1. The summed E-state index contributed by atoms with van der Waals surface area (Å²) in [6.07, 6.45) is 8.54. The summed E-state index contributed by atoms with van der Waals surface area (Å²) >= 11 is 6.09. The molecule has 0 N–H and O–H groups in total. The number of halogens is 1. The van der Waals surface area contributed by atoms with Gasteiger partial charge in [-0.3, -0.25) is 9.88 Å². The normalized spacial score (nSPS) is 20.3. The van der Waals surface area contributed by atoms with Crippen LogP contribution in [-0.4, -0.2) is 27.5 Å². The van der Waals surface area contributed by atoms with Gasteiger partial charge < -0.3 is 4.57 Å². The van der Waals surface area contributed by atoms with E-state index in [2.05, 4.69) is 57.9 Å². The number of benzene rings is 2. The van der Waals surface area contributed by atoms with Crippen LogP contribution in [0.2, 0.25) is 5.02 Å². The van der Waals surface area contributed by atoms with Crippen LogP contribution in [0.25, 0.3) is 22.0 Å². The molecule has 2 unspecified atom stereocenters. The Morgan fingerprint density at radius 3 is 2.71 bits per heavy atom. The Hall–Kier alpha value is -2.62. The standard InChI is InChI=1S/C27H26ClN3/c1-30-22-9-11-25(30)27-23-15-19(20-3-2-13-29-17-20)6-10-24(23)31(26(27)16-22)14-12-18-4-7-21(28)8-5-18/h2-8,10,13,15,17,22,25H,9,11-12,14,16H2,1H3. The van der Waals surface area contributed by atoms with Crippen LogP contribution >= 0.6 is 11.6 Å². The first-order valence-corrected chi connectivity index (χ1v) is 11.6. The molecule has 0 spiro atoms. The monoisotopic (exact) mass is 427 g/mol. The zero-order valence-electron chi connectivity index (χ0n) is 17.8. The van der Waals surface area contributed by atoms with Gasteiger partial charge in [0.1, 0.15) is 0 Å². The van der Waals surface area contributed by atoms with Gasteiger partial charge in [0.05, 0.1) is 0 Å². The lowest BCUT2D eigenvalue weighted by Gasteiger charge is -2.32. The first kappa shape index (κ1) is 19.1. The van der Waals surface area contributed by atoms with E-state index in [4.69, 9.17) is 11.6 Å². The van der Waals surface area contributed by atoms with Crippen molar-refractivity contribution in [2.75, 3.05) is 7.05 Å². The summed E-state index contributed by atoms with van der Waals surface area (Å²) in [6.45, 7) is 1.00. The second kappa shape index (κ2) is 7.51. The minimum absolute atomic E-state index is 0.539. The average molecular weight is 428 g/mol. The molecule has 0 amide bonds. The molecule has 4 aromatic rings. The van der Waals surface area contributed by atoms with E-state index in [9.17, 15) is 0 Å². The summed E-state index contributed by atoms with van der Waals surface area (Å²) in [6, 6.07) is 20.7. The maximum Gasteiger partial charge on any atom is 0.0486 e. The molecule has 6 rings (SSSR count). The van der Waals surface area contributed by atoms with Crippen molar-refractivity contribution < 1.29 is 0 Å². The van der Waals surface area contributed by atoms with Crippen LogP contribution < -0.4 is 0 Å². The van der Waals surface area contributed by atoms with E-state index >= 15 is 0 Å². The second-order valence-electron chi connectivity index (χ2n) is 8.98. The summed E-state index contributed by atoms with van der Waals surface area (Å²) in [5, 5.41) is 2.22. The van der Waals surface area contributed by atoms with Gasteiger partial charge in [-0.05, 0) is 73.3 Å². The van der Waals surface area contributed by atoms with Gasteiger partial charge in [0.15, 0.2) is 0 Å². The zero-order valence-corrected chi connectivity index (χ0v) is 18.5. The molecule has 31 heavy (non-hydrogen) atoms. The Morgan fingerprint density at radius 1 is 1.03 bits per heavy atom. The Labute approximate surface area is 188 Å². The van der Waals surface area contributed by atoms with E-state index in [1.54, 1.807) is 11.3 Å². The van der Waals surface area contributed by atoms with Crippen LogP contribution in [-0.2, 0) is 19.4 Å². The van der Waals surface area contributed by atoms with Crippen LogP contribution in [0.5, 0.6) is 0 Å². The lowest BCUT2D eigenvalue weighted by atomic mass is 9.96. The first-order chi connectivity index (χ1) is 15.2. The van der Waals surface area contributed by atoms with E-state index in [1.807, 2.05) is 30.6 Å².